The van der Waals surface area contributed by atoms with Crippen molar-refractivity contribution in [1.29, 1.82) is 0 Å². The lowest BCUT2D eigenvalue weighted by molar-refractivity contribution is -0.132. The van der Waals surface area contributed by atoms with Gasteiger partial charge in [-0.25, -0.2) is 0 Å². The lowest BCUT2D eigenvalue weighted by Crippen LogP contribution is -2.40. The van der Waals surface area contributed by atoms with Gasteiger partial charge in [0.15, 0.2) is 0 Å². The highest BCUT2D eigenvalue weighted by Crippen LogP contribution is 2.28. The van der Waals surface area contributed by atoms with Gasteiger partial charge < -0.3 is 9.80 Å². The van der Waals surface area contributed by atoms with E-state index in [1.54, 1.807) is 11.8 Å². The molecule has 0 spiro atoms. The van der Waals surface area contributed by atoms with Crippen LogP contribution in [0.15, 0.2) is 24.3 Å². The van der Waals surface area contributed by atoms with Crippen molar-refractivity contribution in [2.75, 3.05) is 24.5 Å². The van der Waals surface area contributed by atoms with Gasteiger partial charge in [-0.1, -0.05) is 39.0 Å². The van der Waals surface area contributed by atoms with Crippen LogP contribution in [0, 0.1) is 5.92 Å². The molecule has 1 fully saturated rings. The summed E-state index contributed by atoms with van der Waals surface area (Å²) in [5, 5.41) is 0. The Kier molecular flexibility index (Phi) is 6.41. The number of carbonyl (C=O) groups is 2. The molecule has 4 nitrogen and oxygen atoms in total. The first-order valence-electron chi connectivity index (χ1n) is 9.05. The Hall–Kier alpha value is -1.84. The van der Waals surface area contributed by atoms with E-state index in [1.807, 2.05) is 23.1 Å². The largest absolute Gasteiger partial charge is 0.343 e. The molecule has 132 valence electrons. The molecule has 1 aliphatic rings. The predicted octanol–water partition coefficient (Wildman–Crippen LogP) is 3.81. The third kappa shape index (κ3) is 4.59. The lowest BCUT2D eigenvalue weighted by atomic mass is 9.99. The van der Waals surface area contributed by atoms with E-state index in [4.69, 9.17) is 0 Å². The smallest absolute Gasteiger partial charge is 0.224 e. The Balaban J connectivity index is 2.05. The number of likely N-dealkylation sites (tertiary alicyclic amines) is 1. The van der Waals surface area contributed by atoms with Gasteiger partial charge in [-0.2, -0.15) is 0 Å². The van der Waals surface area contributed by atoms with Crippen molar-refractivity contribution in [3.05, 3.63) is 29.8 Å². The van der Waals surface area contributed by atoms with Gasteiger partial charge >= 0.3 is 0 Å². The number of carbonyl (C=O) groups excluding carboxylic acids is 2. The van der Waals surface area contributed by atoms with Crippen LogP contribution in [-0.4, -0.2) is 36.3 Å². The van der Waals surface area contributed by atoms with Crippen LogP contribution in [0.5, 0.6) is 0 Å². The number of benzene rings is 1. The van der Waals surface area contributed by atoms with E-state index in [9.17, 15) is 9.59 Å². The first kappa shape index (κ1) is 18.5. The first-order chi connectivity index (χ1) is 11.4. The highest BCUT2D eigenvalue weighted by molar-refractivity contribution is 5.93. The van der Waals surface area contributed by atoms with Crippen molar-refractivity contribution in [3.8, 4) is 0 Å². The molecule has 0 aliphatic carbocycles. The molecular formula is C20H30N2O2. The fourth-order valence-electron chi connectivity index (χ4n) is 3.29. The van der Waals surface area contributed by atoms with Crippen LogP contribution in [0.25, 0.3) is 0 Å². The third-order valence-corrected chi connectivity index (χ3v) is 4.92. The number of hydrogen-bond acceptors (Lipinski definition) is 2. The molecule has 0 atom stereocenters. The molecule has 1 aromatic rings. The zero-order valence-electron chi connectivity index (χ0n) is 15.4. The highest BCUT2D eigenvalue weighted by Gasteiger charge is 2.22. The quantitative estimate of drug-likeness (QED) is 0.823. The molecule has 0 aromatic heterocycles. The van der Waals surface area contributed by atoms with E-state index in [-0.39, 0.29) is 11.8 Å². The molecule has 1 saturated heterocycles. The number of hydrogen-bond donors (Lipinski definition) is 0. The van der Waals surface area contributed by atoms with Gasteiger partial charge in [-0.15, -0.1) is 0 Å². The van der Waals surface area contributed by atoms with Crippen LogP contribution < -0.4 is 4.90 Å². The predicted molar refractivity (Wildman–Crippen MR) is 98.2 cm³/mol. The Morgan fingerprint density at radius 2 is 1.83 bits per heavy atom. The number of para-hydroxylation sites is 1. The zero-order chi connectivity index (χ0) is 17.7. The third-order valence-electron chi connectivity index (χ3n) is 4.92. The summed E-state index contributed by atoms with van der Waals surface area (Å²) in [5.41, 5.74) is 2.08. The maximum Gasteiger partial charge on any atom is 0.224 e. The Morgan fingerprint density at radius 3 is 2.42 bits per heavy atom. The molecule has 0 unspecified atom stereocenters. The molecule has 0 radical (unpaired) electrons. The average Bonchev–Trinajstić information content (AvgIpc) is 2.55. The average molecular weight is 330 g/mol. The molecule has 1 heterocycles. The number of amides is 2. The molecule has 0 bridgehead atoms. The summed E-state index contributed by atoms with van der Waals surface area (Å²) in [6.45, 7) is 10.2. The molecule has 4 heteroatoms. The van der Waals surface area contributed by atoms with E-state index in [0.717, 1.165) is 37.2 Å². The van der Waals surface area contributed by atoms with Crippen LogP contribution in [0.4, 0.5) is 5.69 Å². The number of anilines is 1. The van der Waals surface area contributed by atoms with E-state index in [2.05, 4.69) is 26.8 Å². The molecule has 2 rings (SSSR count). The Morgan fingerprint density at radius 1 is 1.21 bits per heavy atom. The highest BCUT2D eigenvalue weighted by atomic mass is 16.2. The van der Waals surface area contributed by atoms with Gasteiger partial charge in [0.1, 0.15) is 0 Å². The number of rotatable bonds is 5. The van der Waals surface area contributed by atoms with Crippen molar-refractivity contribution in [2.45, 2.75) is 52.9 Å². The number of piperidine rings is 1. The summed E-state index contributed by atoms with van der Waals surface area (Å²) in [5.74, 6) is 1.20. The molecule has 1 aromatic carbocycles. The van der Waals surface area contributed by atoms with E-state index in [0.29, 0.717) is 24.8 Å². The fourth-order valence-corrected chi connectivity index (χ4v) is 3.29. The summed E-state index contributed by atoms with van der Waals surface area (Å²) in [6, 6.07) is 7.98. The summed E-state index contributed by atoms with van der Waals surface area (Å²) >= 11 is 0. The van der Waals surface area contributed by atoms with Crippen molar-refractivity contribution in [2.24, 2.45) is 5.92 Å². The van der Waals surface area contributed by atoms with Crippen LogP contribution in [-0.2, 0) is 9.59 Å². The van der Waals surface area contributed by atoms with Crippen LogP contribution in [0.3, 0.4) is 0 Å². The Bertz CT molecular complexity index is 575. The summed E-state index contributed by atoms with van der Waals surface area (Å²) in [6.07, 6.45) is 2.55. The summed E-state index contributed by atoms with van der Waals surface area (Å²) in [4.78, 5) is 28.3. The summed E-state index contributed by atoms with van der Waals surface area (Å²) < 4.78 is 0. The minimum absolute atomic E-state index is 0.0110. The minimum Gasteiger partial charge on any atom is -0.343 e. The van der Waals surface area contributed by atoms with Gasteiger partial charge in [0.2, 0.25) is 11.8 Å². The van der Waals surface area contributed by atoms with Crippen molar-refractivity contribution >= 4 is 17.5 Å². The van der Waals surface area contributed by atoms with Crippen molar-refractivity contribution in [1.82, 2.24) is 4.90 Å². The van der Waals surface area contributed by atoms with Gasteiger partial charge in [0.05, 0.1) is 0 Å². The van der Waals surface area contributed by atoms with Crippen LogP contribution >= 0.6 is 0 Å². The second-order valence-corrected chi connectivity index (χ2v) is 7.20. The van der Waals surface area contributed by atoms with Gasteiger partial charge in [0, 0.05) is 38.7 Å². The van der Waals surface area contributed by atoms with Crippen LogP contribution in [0.2, 0.25) is 0 Å². The standard InChI is InChI=1S/C20H30N2O2/c1-15(2)18-7-5-6-8-19(18)22(17(4)23)14-11-20(24)21-12-9-16(3)10-13-21/h5-8,15-16H,9-14H2,1-4H3. The topological polar surface area (TPSA) is 40.6 Å². The fraction of sp³-hybridized carbons (Fsp3) is 0.600. The second-order valence-electron chi connectivity index (χ2n) is 7.20. The van der Waals surface area contributed by atoms with Gasteiger partial charge in [-0.3, -0.25) is 9.59 Å². The maximum atomic E-state index is 12.5. The zero-order valence-corrected chi connectivity index (χ0v) is 15.4. The van der Waals surface area contributed by atoms with Gasteiger partial charge in [-0.05, 0) is 36.3 Å². The summed E-state index contributed by atoms with van der Waals surface area (Å²) in [7, 11) is 0. The molecule has 1 aliphatic heterocycles. The van der Waals surface area contributed by atoms with Crippen molar-refractivity contribution < 1.29 is 9.59 Å². The van der Waals surface area contributed by atoms with E-state index >= 15 is 0 Å². The molecule has 2 amide bonds. The minimum atomic E-state index is -0.0110. The Labute approximate surface area is 145 Å². The SMILES string of the molecule is CC(=O)N(CCC(=O)N1CCC(C)CC1)c1ccccc1C(C)C. The maximum absolute atomic E-state index is 12.5. The molecule has 0 saturated carbocycles. The van der Waals surface area contributed by atoms with E-state index < -0.39 is 0 Å². The molecule has 24 heavy (non-hydrogen) atoms. The lowest BCUT2D eigenvalue weighted by Gasteiger charge is -2.31. The second kappa shape index (κ2) is 8.32. The molecular weight excluding hydrogens is 300 g/mol. The van der Waals surface area contributed by atoms with Gasteiger partial charge in [0.25, 0.3) is 0 Å². The normalized spacial score (nSPS) is 15.6. The first-order valence-corrected chi connectivity index (χ1v) is 9.05. The van der Waals surface area contributed by atoms with Crippen LogP contribution in [0.1, 0.15) is 58.4 Å². The molecule has 0 N–H and O–H groups in total. The number of nitrogens with zero attached hydrogens (tertiary/aromatic N) is 2. The van der Waals surface area contributed by atoms with E-state index in [1.165, 1.54) is 0 Å². The monoisotopic (exact) mass is 330 g/mol. The van der Waals surface area contributed by atoms with Crippen molar-refractivity contribution in [3.63, 3.8) is 0 Å².